The van der Waals surface area contributed by atoms with Crippen molar-refractivity contribution in [1.82, 2.24) is 19.9 Å². The second-order valence-corrected chi connectivity index (χ2v) is 5.88. The first kappa shape index (κ1) is 15.1. The molecule has 0 spiro atoms. The Morgan fingerprint density at radius 3 is 2.76 bits per heavy atom. The predicted octanol–water partition coefficient (Wildman–Crippen LogP) is 0.429. The van der Waals surface area contributed by atoms with Crippen LogP contribution in [0.5, 0.6) is 0 Å². The second kappa shape index (κ2) is 5.58. The van der Waals surface area contributed by atoms with Gasteiger partial charge in [0.05, 0.1) is 17.0 Å². The van der Waals surface area contributed by atoms with Crippen molar-refractivity contribution >= 4 is 16.0 Å². The second-order valence-electron chi connectivity index (χ2n) is 4.14. The largest absolute Gasteiger partial charge is 0.478 e. The number of halogens is 1. The van der Waals surface area contributed by atoms with Crippen LogP contribution in [-0.4, -0.2) is 34.7 Å². The number of aromatic amines is 1. The van der Waals surface area contributed by atoms with Crippen molar-refractivity contribution in [3.8, 4) is 0 Å². The third-order valence-corrected chi connectivity index (χ3v) is 4.26. The molecule has 10 heteroatoms. The normalized spacial score (nSPS) is 11.5. The summed E-state index contributed by atoms with van der Waals surface area (Å²) in [6.45, 7) is 1.07. The number of rotatable bonds is 5. The summed E-state index contributed by atoms with van der Waals surface area (Å²) in [6.07, 6.45) is 1.21. The molecule has 112 valence electrons. The zero-order valence-electron chi connectivity index (χ0n) is 10.8. The molecule has 0 atom stereocenters. The summed E-state index contributed by atoms with van der Waals surface area (Å²) in [5.41, 5.74) is -0.608. The number of sulfonamides is 1. The topological polar surface area (TPSA) is 125 Å². The SMILES string of the molecule is Cc1c(F)cc(C(=O)O)cc1S(=O)(=O)NCc1ncn[nH]1. The van der Waals surface area contributed by atoms with Gasteiger partial charge >= 0.3 is 5.97 Å². The molecule has 3 N–H and O–H groups in total. The zero-order chi connectivity index (χ0) is 15.6. The summed E-state index contributed by atoms with van der Waals surface area (Å²) in [7, 11) is -4.09. The van der Waals surface area contributed by atoms with E-state index in [0.29, 0.717) is 0 Å². The van der Waals surface area contributed by atoms with Crippen molar-refractivity contribution < 1.29 is 22.7 Å². The molecule has 0 fully saturated rings. The minimum Gasteiger partial charge on any atom is -0.478 e. The van der Waals surface area contributed by atoms with Crippen molar-refractivity contribution in [3.63, 3.8) is 0 Å². The third-order valence-electron chi connectivity index (χ3n) is 2.73. The van der Waals surface area contributed by atoms with E-state index in [2.05, 4.69) is 19.9 Å². The van der Waals surface area contributed by atoms with Gasteiger partial charge in [0.1, 0.15) is 18.0 Å². The van der Waals surface area contributed by atoms with Crippen LogP contribution < -0.4 is 4.72 Å². The first-order chi connectivity index (χ1) is 9.81. The van der Waals surface area contributed by atoms with Gasteiger partial charge in [-0.25, -0.2) is 27.3 Å². The first-order valence-electron chi connectivity index (χ1n) is 5.68. The van der Waals surface area contributed by atoms with Gasteiger partial charge in [0, 0.05) is 5.56 Å². The Morgan fingerprint density at radius 1 is 1.48 bits per heavy atom. The van der Waals surface area contributed by atoms with E-state index < -0.39 is 32.3 Å². The zero-order valence-corrected chi connectivity index (χ0v) is 11.6. The van der Waals surface area contributed by atoms with Crippen LogP contribution in [0.4, 0.5) is 4.39 Å². The van der Waals surface area contributed by atoms with E-state index in [1.807, 2.05) is 0 Å². The van der Waals surface area contributed by atoms with Crippen LogP contribution in [0.25, 0.3) is 0 Å². The first-order valence-corrected chi connectivity index (χ1v) is 7.17. The highest BCUT2D eigenvalue weighted by molar-refractivity contribution is 7.89. The molecule has 0 radical (unpaired) electrons. The van der Waals surface area contributed by atoms with E-state index in [0.717, 1.165) is 12.1 Å². The van der Waals surface area contributed by atoms with Crippen molar-refractivity contribution in [1.29, 1.82) is 0 Å². The minimum atomic E-state index is -4.09. The lowest BCUT2D eigenvalue weighted by atomic mass is 10.1. The van der Waals surface area contributed by atoms with Crippen molar-refractivity contribution in [3.05, 3.63) is 41.2 Å². The monoisotopic (exact) mass is 314 g/mol. The van der Waals surface area contributed by atoms with E-state index in [1.165, 1.54) is 13.3 Å². The molecule has 1 aromatic heterocycles. The third kappa shape index (κ3) is 3.23. The van der Waals surface area contributed by atoms with Gasteiger partial charge < -0.3 is 5.11 Å². The fourth-order valence-electron chi connectivity index (χ4n) is 1.61. The van der Waals surface area contributed by atoms with Gasteiger partial charge in [-0.3, -0.25) is 5.10 Å². The van der Waals surface area contributed by atoms with Crippen molar-refractivity contribution in [2.24, 2.45) is 0 Å². The van der Waals surface area contributed by atoms with Crippen molar-refractivity contribution in [2.75, 3.05) is 0 Å². The Hall–Kier alpha value is -2.33. The number of H-pyrrole nitrogens is 1. The van der Waals surface area contributed by atoms with Crippen molar-refractivity contribution in [2.45, 2.75) is 18.4 Å². The van der Waals surface area contributed by atoms with Crippen LogP contribution >= 0.6 is 0 Å². The molecule has 0 aliphatic carbocycles. The highest BCUT2D eigenvalue weighted by atomic mass is 32.2. The van der Waals surface area contributed by atoms with Gasteiger partial charge in [-0.1, -0.05) is 0 Å². The molecule has 1 heterocycles. The molecule has 21 heavy (non-hydrogen) atoms. The lowest BCUT2D eigenvalue weighted by Gasteiger charge is -2.10. The Balaban J connectivity index is 2.37. The van der Waals surface area contributed by atoms with Crippen LogP contribution in [0.15, 0.2) is 23.4 Å². The van der Waals surface area contributed by atoms with E-state index >= 15 is 0 Å². The van der Waals surface area contributed by atoms with Gasteiger partial charge in [-0.2, -0.15) is 5.10 Å². The smallest absolute Gasteiger partial charge is 0.335 e. The highest BCUT2D eigenvalue weighted by Crippen LogP contribution is 2.20. The fourth-order valence-corrected chi connectivity index (χ4v) is 2.88. The maximum absolute atomic E-state index is 13.7. The lowest BCUT2D eigenvalue weighted by Crippen LogP contribution is -2.25. The molecule has 0 saturated heterocycles. The lowest BCUT2D eigenvalue weighted by molar-refractivity contribution is 0.0696. The number of benzene rings is 1. The average Bonchev–Trinajstić information content (AvgIpc) is 2.92. The molecule has 2 aromatic rings. The Labute approximate surface area is 119 Å². The Bertz CT molecular complexity index is 774. The summed E-state index contributed by atoms with van der Waals surface area (Å²) >= 11 is 0. The number of aromatic carboxylic acids is 1. The van der Waals surface area contributed by atoms with E-state index in [1.54, 1.807) is 0 Å². The van der Waals surface area contributed by atoms with E-state index in [9.17, 15) is 17.6 Å². The molecule has 0 aliphatic heterocycles. The number of hydrogen-bond acceptors (Lipinski definition) is 5. The number of carboxylic acid groups (broad SMARTS) is 1. The summed E-state index contributed by atoms with van der Waals surface area (Å²) in [6, 6.07) is 1.68. The standard InChI is InChI=1S/C11H11FN4O4S/c1-6-8(12)2-7(11(17)18)3-9(6)21(19,20)15-4-10-13-5-14-16-10/h2-3,5,15H,4H2,1H3,(H,17,18)(H,13,14,16). The maximum Gasteiger partial charge on any atom is 0.335 e. The van der Waals surface area contributed by atoms with Gasteiger partial charge in [0.2, 0.25) is 10.0 Å². The van der Waals surface area contributed by atoms with Crippen LogP contribution in [0.1, 0.15) is 21.7 Å². The highest BCUT2D eigenvalue weighted by Gasteiger charge is 2.22. The molecule has 0 unspecified atom stereocenters. The van der Waals surface area contributed by atoms with Crippen LogP contribution in [-0.2, 0) is 16.6 Å². The molecule has 0 bridgehead atoms. The summed E-state index contributed by atoms with van der Waals surface area (Å²) in [5.74, 6) is -2.05. The summed E-state index contributed by atoms with van der Waals surface area (Å²) < 4.78 is 40.1. The number of hydrogen-bond donors (Lipinski definition) is 3. The number of nitrogens with one attached hydrogen (secondary N) is 2. The molecule has 0 saturated carbocycles. The Morgan fingerprint density at radius 2 is 2.19 bits per heavy atom. The van der Waals surface area contributed by atoms with Crippen LogP contribution in [0, 0.1) is 12.7 Å². The van der Waals surface area contributed by atoms with E-state index in [-0.39, 0.29) is 17.9 Å². The molecule has 0 amide bonds. The molecule has 0 aliphatic rings. The maximum atomic E-state index is 13.7. The predicted molar refractivity (Wildman–Crippen MR) is 68.5 cm³/mol. The summed E-state index contributed by atoms with van der Waals surface area (Å²) in [4.78, 5) is 14.2. The molecular formula is C11H11FN4O4S. The molecular weight excluding hydrogens is 303 g/mol. The number of carbonyl (C=O) groups is 1. The molecule has 2 rings (SSSR count). The average molecular weight is 314 g/mol. The summed E-state index contributed by atoms with van der Waals surface area (Å²) in [5, 5.41) is 14.9. The van der Waals surface area contributed by atoms with Crippen LogP contribution in [0.3, 0.4) is 0 Å². The number of nitrogens with zero attached hydrogens (tertiary/aromatic N) is 2. The fraction of sp³-hybridized carbons (Fsp3) is 0.182. The van der Waals surface area contributed by atoms with Crippen LogP contribution in [0.2, 0.25) is 0 Å². The minimum absolute atomic E-state index is 0.162. The van der Waals surface area contributed by atoms with Gasteiger partial charge in [-0.05, 0) is 19.1 Å². The quantitative estimate of drug-likeness (QED) is 0.735. The Kier molecular flexibility index (Phi) is 4.00. The molecule has 1 aromatic carbocycles. The number of carboxylic acids is 1. The van der Waals surface area contributed by atoms with Gasteiger partial charge in [0.15, 0.2) is 0 Å². The van der Waals surface area contributed by atoms with Gasteiger partial charge in [0.25, 0.3) is 0 Å². The van der Waals surface area contributed by atoms with Gasteiger partial charge in [-0.15, -0.1) is 0 Å². The molecule has 8 nitrogen and oxygen atoms in total. The number of aromatic nitrogens is 3. The van der Waals surface area contributed by atoms with E-state index in [4.69, 9.17) is 5.11 Å².